The van der Waals surface area contributed by atoms with Gasteiger partial charge in [-0.3, -0.25) is 10.1 Å². The number of carbonyl (C=O) groups excluding carboxylic acids is 1. The third kappa shape index (κ3) is 2.47. The molecule has 0 aromatic rings. The normalized spacial score (nSPS) is 38.1. The molecule has 17 heavy (non-hydrogen) atoms. The second-order valence-corrected chi connectivity index (χ2v) is 5.16. The summed E-state index contributed by atoms with van der Waals surface area (Å²) in [7, 11) is 0. The van der Waals surface area contributed by atoms with Gasteiger partial charge in [-0.05, 0) is 26.2 Å². The molecule has 0 saturated carbocycles. The summed E-state index contributed by atoms with van der Waals surface area (Å²) in [6, 6.07) is 0.0207. The largest absolute Gasteiger partial charge is 0.378 e. The number of amides is 1. The van der Waals surface area contributed by atoms with Crippen LogP contribution in [0.2, 0.25) is 0 Å². The summed E-state index contributed by atoms with van der Waals surface area (Å²) < 4.78 is 5.69. The molecular weight excluding hydrogens is 216 g/mol. The highest BCUT2D eigenvalue weighted by molar-refractivity contribution is 5.84. The predicted octanol–water partition coefficient (Wildman–Crippen LogP) is 1.36. The van der Waals surface area contributed by atoms with Crippen molar-refractivity contribution < 1.29 is 9.53 Å². The van der Waals surface area contributed by atoms with E-state index in [0.717, 1.165) is 32.4 Å². The van der Waals surface area contributed by atoms with Crippen molar-refractivity contribution in [1.82, 2.24) is 10.2 Å². The Labute approximate surface area is 104 Å². The Bertz CT molecular complexity index is 283. The van der Waals surface area contributed by atoms with Gasteiger partial charge >= 0.3 is 0 Å². The number of carbonyl (C=O) groups is 1. The fourth-order valence-electron chi connectivity index (χ4n) is 2.99. The van der Waals surface area contributed by atoms with Crippen molar-refractivity contribution in [2.45, 2.75) is 58.3 Å². The quantitative estimate of drug-likeness (QED) is 0.806. The van der Waals surface area contributed by atoms with Crippen LogP contribution in [0.4, 0.5) is 0 Å². The maximum Gasteiger partial charge on any atom is 0.241 e. The lowest BCUT2D eigenvalue weighted by molar-refractivity contribution is -0.130. The van der Waals surface area contributed by atoms with E-state index in [-0.39, 0.29) is 18.1 Å². The molecule has 4 atom stereocenters. The molecule has 1 amide bonds. The van der Waals surface area contributed by atoms with Gasteiger partial charge in [-0.2, -0.15) is 0 Å². The van der Waals surface area contributed by atoms with E-state index in [1.54, 1.807) is 0 Å². The third-order valence-corrected chi connectivity index (χ3v) is 4.08. The number of hydrogen-bond acceptors (Lipinski definition) is 3. The van der Waals surface area contributed by atoms with E-state index in [2.05, 4.69) is 26.1 Å². The van der Waals surface area contributed by atoms with Crippen molar-refractivity contribution in [2.24, 2.45) is 5.92 Å². The van der Waals surface area contributed by atoms with Crippen molar-refractivity contribution in [1.29, 1.82) is 0 Å². The molecule has 0 aliphatic carbocycles. The SMILES string of the molecule is CCC1NC(C)N(CC2CCOC2CC)C1=O. The van der Waals surface area contributed by atoms with Gasteiger partial charge in [-0.15, -0.1) is 0 Å². The highest BCUT2D eigenvalue weighted by Crippen LogP contribution is 2.26. The summed E-state index contributed by atoms with van der Waals surface area (Å²) in [5.74, 6) is 0.783. The number of nitrogens with one attached hydrogen (secondary N) is 1. The Hall–Kier alpha value is -0.610. The van der Waals surface area contributed by atoms with Crippen LogP contribution in [-0.4, -0.2) is 42.3 Å². The molecule has 2 saturated heterocycles. The van der Waals surface area contributed by atoms with Crippen LogP contribution < -0.4 is 5.32 Å². The maximum atomic E-state index is 12.2. The molecular formula is C13H24N2O2. The van der Waals surface area contributed by atoms with Crippen LogP contribution in [0.25, 0.3) is 0 Å². The first-order chi connectivity index (χ1) is 8.17. The Kier molecular flexibility index (Phi) is 4.05. The van der Waals surface area contributed by atoms with Gasteiger partial charge in [0, 0.05) is 19.1 Å². The fraction of sp³-hybridized carbons (Fsp3) is 0.923. The molecule has 0 aromatic carbocycles. The number of hydrogen-bond donors (Lipinski definition) is 1. The molecule has 98 valence electrons. The summed E-state index contributed by atoms with van der Waals surface area (Å²) in [6.07, 6.45) is 3.52. The van der Waals surface area contributed by atoms with Crippen LogP contribution in [0.15, 0.2) is 0 Å². The monoisotopic (exact) mass is 240 g/mol. The van der Waals surface area contributed by atoms with E-state index in [0.29, 0.717) is 12.0 Å². The van der Waals surface area contributed by atoms with E-state index < -0.39 is 0 Å². The molecule has 4 nitrogen and oxygen atoms in total. The van der Waals surface area contributed by atoms with E-state index in [1.807, 2.05) is 4.90 Å². The van der Waals surface area contributed by atoms with Crippen molar-refractivity contribution >= 4 is 5.91 Å². The zero-order valence-corrected chi connectivity index (χ0v) is 11.1. The summed E-state index contributed by atoms with van der Waals surface area (Å²) in [5.41, 5.74) is 0. The molecule has 2 aliphatic heterocycles. The van der Waals surface area contributed by atoms with Gasteiger partial charge in [0.2, 0.25) is 5.91 Å². The number of rotatable bonds is 4. The summed E-state index contributed by atoms with van der Waals surface area (Å²) >= 11 is 0. The molecule has 1 N–H and O–H groups in total. The predicted molar refractivity (Wildman–Crippen MR) is 66.5 cm³/mol. The lowest BCUT2D eigenvalue weighted by atomic mass is 9.99. The molecule has 2 rings (SSSR count). The Morgan fingerprint density at radius 3 is 2.76 bits per heavy atom. The van der Waals surface area contributed by atoms with Crippen LogP contribution in [-0.2, 0) is 9.53 Å². The summed E-state index contributed by atoms with van der Waals surface area (Å²) in [5, 5.41) is 3.35. The van der Waals surface area contributed by atoms with Gasteiger partial charge in [0.1, 0.15) is 0 Å². The minimum atomic E-state index is 0.0207. The van der Waals surface area contributed by atoms with Crippen LogP contribution in [0.3, 0.4) is 0 Å². The summed E-state index contributed by atoms with van der Waals surface area (Å²) in [6.45, 7) is 7.99. The molecule has 4 heteroatoms. The fourth-order valence-corrected chi connectivity index (χ4v) is 2.99. The zero-order chi connectivity index (χ0) is 12.4. The first kappa shape index (κ1) is 12.8. The molecule has 2 heterocycles. The van der Waals surface area contributed by atoms with Crippen molar-refractivity contribution in [3.8, 4) is 0 Å². The number of ether oxygens (including phenoxy) is 1. The van der Waals surface area contributed by atoms with Gasteiger partial charge in [-0.1, -0.05) is 13.8 Å². The summed E-state index contributed by atoms with van der Waals surface area (Å²) in [4.78, 5) is 14.1. The van der Waals surface area contributed by atoms with E-state index >= 15 is 0 Å². The maximum absolute atomic E-state index is 12.2. The van der Waals surface area contributed by atoms with Crippen molar-refractivity contribution in [3.05, 3.63) is 0 Å². The van der Waals surface area contributed by atoms with E-state index in [1.165, 1.54) is 0 Å². The van der Waals surface area contributed by atoms with Crippen LogP contribution in [0.1, 0.15) is 40.0 Å². The second-order valence-electron chi connectivity index (χ2n) is 5.16. The molecule has 0 aromatic heterocycles. The first-order valence-corrected chi connectivity index (χ1v) is 6.85. The molecule has 0 spiro atoms. The molecule has 4 unspecified atom stereocenters. The smallest absolute Gasteiger partial charge is 0.241 e. The molecule has 2 fully saturated rings. The zero-order valence-electron chi connectivity index (χ0n) is 11.1. The van der Waals surface area contributed by atoms with Gasteiger partial charge in [0.25, 0.3) is 0 Å². The van der Waals surface area contributed by atoms with Gasteiger partial charge < -0.3 is 9.64 Å². The average molecular weight is 240 g/mol. The van der Waals surface area contributed by atoms with Crippen LogP contribution in [0.5, 0.6) is 0 Å². The van der Waals surface area contributed by atoms with Gasteiger partial charge in [0.15, 0.2) is 0 Å². The van der Waals surface area contributed by atoms with Crippen LogP contribution >= 0.6 is 0 Å². The van der Waals surface area contributed by atoms with E-state index in [9.17, 15) is 4.79 Å². The highest BCUT2D eigenvalue weighted by atomic mass is 16.5. The molecule has 2 aliphatic rings. The van der Waals surface area contributed by atoms with Gasteiger partial charge in [0.05, 0.1) is 18.3 Å². The standard InChI is InChI=1S/C13H24N2O2/c1-4-11-13(16)15(9(3)14-11)8-10-6-7-17-12(10)5-2/h9-12,14H,4-8H2,1-3H3. The number of nitrogens with zero attached hydrogens (tertiary/aromatic N) is 1. The first-order valence-electron chi connectivity index (χ1n) is 6.85. The average Bonchev–Trinajstić information content (AvgIpc) is 2.88. The lowest BCUT2D eigenvalue weighted by Crippen LogP contribution is -2.40. The molecule has 0 radical (unpaired) electrons. The van der Waals surface area contributed by atoms with Crippen LogP contribution in [0, 0.1) is 5.92 Å². The minimum absolute atomic E-state index is 0.0207. The highest BCUT2D eigenvalue weighted by Gasteiger charge is 2.38. The Morgan fingerprint density at radius 1 is 1.41 bits per heavy atom. The van der Waals surface area contributed by atoms with Crippen molar-refractivity contribution in [3.63, 3.8) is 0 Å². The lowest BCUT2D eigenvalue weighted by Gasteiger charge is -2.26. The Balaban J connectivity index is 1.96. The Morgan fingerprint density at radius 2 is 2.18 bits per heavy atom. The topological polar surface area (TPSA) is 41.6 Å². The van der Waals surface area contributed by atoms with Crippen molar-refractivity contribution in [2.75, 3.05) is 13.2 Å². The van der Waals surface area contributed by atoms with E-state index in [4.69, 9.17) is 4.74 Å². The second kappa shape index (κ2) is 5.36. The van der Waals surface area contributed by atoms with Gasteiger partial charge in [-0.25, -0.2) is 0 Å². The third-order valence-electron chi connectivity index (χ3n) is 4.08. The minimum Gasteiger partial charge on any atom is -0.378 e. The molecule has 0 bridgehead atoms.